The smallest absolute Gasteiger partial charge is 0.261 e. The maximum Gasteiger partial charge on any atom is 0.261 e. The van der Waals surface area contributed by atoms with Gasteiger partial charge < -0.3 is 4.90 Å². The van der Waals surface area contributed by atoms with Crippen molar-refractivity contribution in [2.75, 3.05) is 4.72 Å². The van der Waals surface area contributed by atoms with Gasteiger partial charge in [-0.05, 0) is 69.0 Å². The fourth-order valence-electron chi connectivity index (χ4n) is 3.66. The summed E-state index contributed by atoms with van der Waals surface area (Å²) in [4.78, 5) is 14.7. The van der Waals surface area contributed by atoms with E-state index in [4.69, 9.17) is 0 Å². The Labute approximate surface area is 165 Å². The number of carbonyl (C=O) groups is 1. The van der Waals surface area contributed by atoms with E-state index in [0.717, 1.165) is 25.3 Å². The van der Waals surface area contributed by atoms with Crippen LogP contribution in [-0.4, -0.2) is 31.3 Å². The van der Waals surface area contributed by atoms with Gasteiger partial charge in [0.05, 0.1) is 4.90 Å². The molecule has 0 aliphatic carbocycles. The molecule has 2 aromatic rings. The van der Waals surface area contributed by atoms with Gasteiger partial charge in [-0.15, -0.1) is 0 Å². The van der Waals surface area contributed by atoms with Crippen LogP contribution in [0.2, 0.25) is 0 Å². The molecule has 0 spiro atoms. The number of nitrogens with zero attached hydrogens (tertiary/aromatic N) is 1. The van der Waals surface area contributed by atoms with Gasteiger partial charge in [-0.1, -0.05) is 19.1 Å². The molecule has 1 N–H and O–H groups in total. The van der Waals surface area contributed by atoms with Gasteiger partial charge in [0.2, 0.25) is 0 Å². The summed E-state index contributed by atoms with van der Waals surface area (Å²) in [7, 11) is -3.96. The molecule has 1 heterocycles. The van der Waals surface area contributed by atoms with Crippen LogP contribution in [0.15, 0.2) is 47.4 Å². The number of hydrogen-bond acceptors (Lipinski definition) is 3. The number of likely N-dealkylation sites (tertiary alicyclic amines) is 1. The number of carbonyl (C=O) groups excluding carboxylic acids is 1. The van der Waals surface area contributed by atoms with E-state index >= 15 is 0 Å². The van der Waals surface area contributed by atoms with E-state index in [1.165, 1.54) is 18.2 Å². The molecule has 0 radical (unpaired) electrons. The Balaban J connectivity index is 1.85. The maximum absolute atomic E-state index is 13.8. The summed E-state index contributed by atoms with van der Waals surface area (Å²) < 4.78 is 41.4. The molecule has 3 rings (SSSR count). The highest BCUT2D eigenvalue weighted by Crippen LogP contribution is 2.28. The molecule has 2 atom stereocenters. The first-order valence-electron chi connectivity index (χ1n) is 9.44. The molecule has 1 amide bonds. The number of amides is 1. The SMILES string of the molecule is CCC1CCC(C)N1C(=O)c1cccc(NS(=O)(=O)c2ccc(C)c(F)c2)c1. The molecule has 0 aromatic heterocycles. The molecule has 7 heteroatoms. The first kappa shape index (κ1) is 20.3. The van der Waals surface area contributed by atoms with E-state index in [2.05, 4.69) is 11.6 Å². The van der Waals surface area contributed by atoms with Crippen LogP contribution in [0, 0.1) is 12.7 Å². The number of aryl methyl sites for hydroxylation is 1. The third kappa shape index (κ3) is 4.04. The maximum atomic E-state index is 13.8. The number of anilines is 1. The lowest BCUT2D eigenvalue weighted by molar-refractivity contribution is 0.0676. The molecule has 150 valence electrons. The second-order valence-electron chi connectivity index (χ2n) is 7.30. The number of rotatable bonds is 5. The minimum Gasteiger partial charge on any atom is -0.333 e. The molecule has 1 aliphatic heterocycles. The summed E-state index contributed by atoms with van der Waals surface area (Å²) in [5, 5.41) is 0. The number of hydrogen-bond donors (Lipinski definition) is 1. The average molecular weight is 405 g/mol. The third-order valence-electron chi connectivity index (χ3n) is 5.31. The van der Waals surface area contributed by atoms with Gasteiger partial charge in [-0.2, -0.15) is 0 Å². The molecular weight excluding hydrogens is 379 g/mol. The largest absolute Gasteiger partial charge is 0.333 e. The Morgan fingerprint density at radius 1 is 1.21 bits per heavy atom. The summed E-state index contributed by atoms with van der Waals surface area (Å²) in [6, 6.07) is 10.6. The van der Waals surface area contributed by atoms with Gasteiger partial charge in [0, 0.05) is 23.3 Å². The zero-order valence-electron chi connectivity index (χ0n) is 16.3. The molecule has 1 fully saturated rings. The van der Waals surface area contributed by atoms with E-state index in [-0.39, 0.29) is 28.6 Å². The van der Waals surface area contributed by atoms with Crippen molar-refractivity contribution in [3.8, 4) is 0 Å². The number of halogens is 1. The molecule has 1 saturated heterocycles. The van der Waals surface area contributed by atoms with Crippen LogP contribution in [0.1, 0.15) is 49.0 Å². The molecule has 0 saturated carbocycles. The summed E-state index contributed by atoms with van der Waals surface area (Å²) in [6.45, 7) is 5.66. The van der Waals surface area contributed by atoms with Crippen molar-refractivity contribution in [3.63, 3.8) is 0 Å². The zero-order chi connectivity index (χ0) is 20.5. The van der Waals surface area contributed by atoms with E-state index < -0.39 is 15.8 Å². The standard InChI is InChI=1S/C21H25FN2O3S/c1-4-18-10-9-15(3)24(18)21(25)16-6-5-7-17(12-16)23-28(26,27)19-11-8-14(2)20(22)13-19/h5-8,11-13,15,18,23H,4,9-10H2,1-3H3. The van der Waals surface area contributed by atoms with Gasteiger partial charge in [0.15, 0.2) is 0 Å². The van der Waals surface area contributed by atoms with Gasteiger partial charge >= 0.3 is 0 Å². The monoisotopic (exact) mass is 404 g/mol. The van der Waals surface area contributed by atoms with Crippen LogP contribution in [0.5, 0.6) is 0 Å². The minimum absolute atomic E-state index is 0.0979. The Morgan fingerprint density at radius 2 is 1.96 bits per heavy atom. The average Bonchev–Trinajstić information content (AvgIpc) is 3.03. The third-order valence-corrected chi connectivity index (χ3v) is 6.69. The molecule has 0 bridgehead atoms. The minimum atomic E-state index is -3.96. The first-order chi connectivity index (χ1) is 13.2. The molecule has 5 nitrogen and oxygen atoms in total. The lowest BCUT2D eigenvalue weighted by Gasteiger charge is -2.28. The second kappa shape index (κ2) is 7.91. The van der Waals surface area contributed by atoms with Gasteiger partial charge in [-0.25, -0.2) is 12.8 Å². The lowest BCUT2D eigenvalue weighted by Crippen LogP contribution is -2.39. The predicted molar refractivity (Wildman–Crippen MR) is 107 cm³/mol. The van der Waals surface area contributed by atoms with Gasteiger partial charge in [0.1, 0.15) is 5.82 Å². The molecule has 28 heavy (non-hydrogen) atoms. The number of nitrogens with one attached hydrogen (secondary N) is 1. The van der Waals surface area contributed by atoms with Crippen LogP contribution in [0.4, 0.5) is 10.1 Å². The highest BCUT2D eigenvalue weighted by molar-refractivity contribution is 7.92. The van der Waals surface area contributed by atoms with E-state index in [1.54, 1.807) is 25.1 Å². The molecule has 2 aromatic carbocycles. The highest BCUT2D eigenvalue weighted by Gasteiger charge is 2.33. The summed E-state index contributed by atoms with van der Waals surface area (Å²) in [6.07, 6.45) is 2.84. The topological polar surface area (TPSA) is 66.5 Å². The Bertz CT molecular complexity index is 991. The van der Waals surface area contributed by atoms with Crippen LogP contribution >= 0.6 is 0 Å². The molecular formula is C21H25FN2O3S. The zero-order valence-corrected chi connectivity index (χ0v) is 17.1. The summed E-state index contributed by atoms with van der Waals surface area (Å²) in [5.74, 6) is -0.681. The quantitative estimate of drug-likeness (QED) is 0.806. The molecule has 2 unspecified atom stereocenters. The van der Waals surface area contributed by atoms with E-state index in [1.807, 2.05) is 11.8 Å². The van der Waals surface area contributed by atoms with Crippen LogP contribution in [-0.2, 0) is 10.0 Å². The fourth-order valence-corrected chi connectivity index (χ4v) is 4.72. The normalized spacial score (nSPS) is 19.6. The first-order valence-corrected chi connectivity index (χ1v) is 10.9. The second-order valence-corrected chi connectivity index (χ2v) is 8.98. The molecule has 1 aliphatic rings. The Kier molecular flexibility index (Phi) is 5.74. The van der Waals surface area contributed by atoms with Crippen LogP contribution < -0.4 is 4.72 Å². The summed E-state index contributed by atoms with van der Waals surface area (Å²) in [5.41, 5.74) is 1.07. The van der Waals surface area contributed by atoms with Crippen molar-refractivity contribution in [1.82, 2.24) is 4.90 Å². The van der Waals surface area contributed by atoms with Crippen molar-refractivity contribution in [1.29, 1.82) is 0 Å². The van der Waals surface area contributed by atoms with Crippen LogP contribution in [0.3, 0.4) is 0 Å². The van der Waals surface area contributed by atoms with Gasteiger partial charge in [0.25, 0.3) is 15.9 Å². The van der Waals surface area contributed by atoms with Crippen molar-refractivity contribution < 1.29 is 17.6 Å². The Hall–Kier alpha value is -2.41. The van der Waals surface area contributed by atoms with Crippen molar-refractivity contribution in [3.05, 3.63) is 59.4 Å². The highest BCUT2D eigenvalue weighted by atomic mass is 32.2. The lowest BCUT2D eigenvalue weighted by atomic mass is 10.1. The fraction of sp³-hybridized carbons (Fsp3) is 0.381. The van der Waals surface area contributed by atoms with Crippen molar-refractivity contribution in [2.45, 2.75) is 57.0 Å². The predicted octanol–water partition coefficient (Wildman–Crippen LogP) is 4.34. The van der Waals surface area contributed by atoms with Gasteiger partial charge in [-0.3, -0.25) is 9.52 Å². The van der Waals surface area contributed by atoms with Crippen molar-refractivity contribution in [2.24, 2.45) is 0 Å². The number of benzene rings is 2. The Morgan fingerprint density at radius 3 is 2.64 bits per heavy atom. The van der Waals surface area contributed by atoms with E-state index in [9.17, 15) is 17.6 Å². The summed E-state index contributed by atoms with van der Waals surface area (Å²) >= 11 is 0. The van der Waals surface area contributed by atoms with Crippen molar-refractivity contribution >= 4 is 21.6 Å². The van der Waals surface area contributed by atoms with E-state index in [0.29, 0.717) is 11.1 Å². The van der Waals surface area contributed by atoms with Crippen LogP contribution in [0.25, 0.3) is 0 Å². The number of sulfonamides is 1.